The van der Waals surface area contributed by atoms with Crippen LogP contribution in [0.4, 0.5) is 14.6 Å². The fraction of sp³-hybridized carbons (Fsp3) is 0.562. The number of aryl methyl sites for hydroxylation is 2. The molecule has 0 amide bonds. The highest BCUT2D eigenvalue weighted by molar-refractivity contribution is 5.37. The predicted octanol–water partition coefficient (Wildman–Crippen LogP) is 3.33. The van der Waals surface area contributed by atoms with Crippen molar-refractivity contribution in [1.29, 1.82) is 0 Å². The van der Waals surface area contributed by atoms with Crippen molar-refractivity contribution in [2.75, 3.05) is 5.32 Å². The summed E-state index contributed by atoms with van der Waals surface area (Å²) in [7, 11) is 0. The SMILES string of the molecule is Cc1cc(NC2CCC(F)(F)CC2)nc(Cn2ccc(C)n2)n1. The zero-order chi connectivity index (χ0) is 16.4. The fourth-order valence-corrected chi connectivity index (χ4v) is 2.86. The minimum absolute atomic E-state index is 0.0451. The van der Waals surface area contributed by atoms with Crippen LogP contribution in [0.1, 0.15) is 42.9 Å². The zero-order valence-electron chi connectivity index (χ0n) is 13.4. The number of hydrogen-bond donors (Lipinski definition) is 1. The molecule has 3 rings (SSSR count). The van der Waals surface area contributed by atoms with Crippen LogP contribution in [0, 0.1) is 13.8 Å². The highest BCUT2D eigenvalue weighted by Gasteiger charge is 2.34. The maximum Gasteiger partial charge on any atom is 0.248 e. The molecule has 1 fully saturated rings. The molecule has 0 aromatic carbocycles. The van der Waals surface area contributed by atoms with E-state index in [0.717, 1.165) is 11.4 Å². The van der Waals surface area contributed by atoms with E-state index in [9.17, 15) is 8.78 Å². The Labute approximate surface area is 134 Å². The number of halogens is 2. The molecule has 5 nitrogen and oxygen atoms in total. The van der Waals surface area contributed by atoms with Gasteiger partial charge in [-0.1, -0.05) is 0 Å². The van der Waals surface area contributed by atoms with Gasteiger partial charge in [-0.25, -0.2) is 18.7 Å². The molecule has 23 heavy (non-hydrogen) atoms. The Bertz CT molecular complexity index is 673. The van der Waals surface area contributed by atoms with Crippen LogP contribution in [0.5, 0.6) is 0 Å². The van der Waals surface area contributed by atoms with Gasteiger partial charge in [0.15, 0.2) is 5.82 Å². The summed E-state index contributed by atoms with van der Waals surface area (Å²) in [6.45, 7) is 4.33. The maximum absolute atomic E-state index is 13.2. The van der Waals surface area contributed by atoms with Gasteiger partial charge in [0.1, 0.15) is 12.4 Å². The molecule has 0 saturated heterocycles. The van der Waals surface area contributed by atoms with Gasteiger partial charge in [-0.2, -0.15) is 5.10 Å². The van der Waals surface area contributed by atoms with E-state index in [1.807, 2.05) is 32.2 Å². The van der Waals surface area contributed by atoms with Crippen LogP contribution in [0.3, 0.4) is 0 Å². The summed E-state index contributed by atoms with van der Waals surface area (Å²) in [5.74, 6) is -1.15. The Morgan fingerprint density at radius 3 is 2.61 bits per heavy atom. The molecule has 2 aromatic heterocycles. The van der Waals surface area contributed by atoms with E-state index in [1.165, 1.54) is 0 Å². The Morgan fingerprint density at radius 1 is 1.22 bits per heavy atom. The Hall–Kier alpha value is -2.05. The number of nitrogens with one attached hydrogen (secondary N) is 1. The molecule has 1 N–H and O–H groups in total. The number of anilines is 1. The number of aromatic nitrogens is 4. The van der Waals surface area contributed by atoms with E-state index in [0.29, 0.717) is 31.0 Å². The lowest BCUT2D eigenvalue weighted by Crippen LogP contribution is -2.32. The molecule has 0 spiro atoms. The molecule has 1 saturated carbocycles. The van der Waals surface area contributed by atoms with Gasteiger partial charge < -0.3 is 5.32 Å². The molecule has 124 valence electrons. The van der Waals surface area contributed by atoms with E-state index >= 15 is 0 Å². The first-order valence-electron chi connectivity index (χ1n) is 7.89. The van der Waals surface area contributed by atoms with E-state index in [2.05, 4.69) is 20.4 Å². The third kappa shape index (κ3) is 4.24. The second-order valence-electron chi connectivity index (χ2n) is 6.24. The summed E-state index contributed by atoms with van der Waals surface area (Å²) < 4.78 is 28.2. The lowest BCUT2D eigenvalue weighted by molar-refractivity contribution is -0.0361. The van der Waals surface area contributed by atoms with Gasteiger partial charge in [0.2, 0.25) is 5.92 Å². The first-order valence-corrected chi connectivity index (χ1v) is 7.89. The number of alkyl halides is 2. The second kappa shape index (κ2) is 6.22. The van der Waals surface area contributed by atoms with Crippen molar-refractivity contribution in [2.45, 2.75) is 58.0 Å². The molecule has 2 heterocycles. The molecular formula is C16H21F2N5. The van der Waals surface area contributed by atoms with Gasteiger partial charge in [-0.05, 0) is 32.8 Å². The standard InChI is InChI=1S/C16H21F2N5/c1-11-5-8-23(22-11)10-15-19-12(2)9-14(21-15)20-13-3-6-16(17,18)7-4-13/h5,8-9,13H,3-4,6-7,10H2,1-2H3,(H,19,20,21). The summed E-state index contributed by atoms with van der Waals surface area (Å²) in [6.07, 6.45) is 2.69. The maximum atomic E-state index is 13.2. The third-order valence-electron chi connectivity index (χ3n) is 4.05. The van der Waals surface area contributed by atoms with Crippen molar-refractivity contribution in [3.63, 3.8) is 0 Å². The van der Waals surface area contributed by atoms with E-state index < -0.39 is 5.92 Å². The first kappa shape index (κ1) is 15.8. The molecule has 1 aliphatic carbocycles. The molecule has 0 atom stereocenters. The largest absolute Gasteiger partial charge is 0.367 e. The summed E-state index contributed by atoms with van der Waals surface area (Å²) in [5, 5.41) is 7.61. The van der Waals surface area contributed by atoms with Gasteiger partial charge in [0, 0.05) is 36.8 Å². The number of nitrogens with zero attached hydrogens (tertiary/aromatic N) is 4. The van der Waals surface area contributed by atoms with Gasteiger partial charge >= 0.3 is 0 Å². The molecular weight excluding hydrogens is 300 g/mol. The van der Waals surface area contributed by atoms with E-state index in [4.69, 9.17) is 0 Å². The van der Waals surface area contributed by atoms with Crippen LogP contribution in [0.15, 0.2) is 18.3 Å². The fourth-order valence-electron chi connectivity index (χ4n) is 2.86. The molecule has 0 radical (unpaired) electrons. The predicted molar refractivity (Wildman–Crippen MR) is 83.7 cm³/mol. The smallest absolute Gasteiger partial charge is 0.248 e. The van der Waals surface area contributed by atoms with Crippen LogP contribution in [-0.4, -0.2) is 31.7 Å². The van der Waals surface area contributed by atoms with Gasteiger partial charge in [-0.3, -0.25) is 4.68 Å². The number of rotatable bonds is 4. The van der Waals surface area contributed by atoms with Crippen molar-refractivity contribution in [3.8, 4) is 0 Å². The van der Waals surface area contributed by atoms with Crippen molar-refractivity contribution < 1.29 is 8.78 Å². The van der Waals surface area contributed by atoms with Crippen LogP contribution >= 0.6 is 0 Å². The highest BCUT2D eigenvalue weighted by Crippen LogP contribution is 2.34. The number of hydrogen-bond acceptors (Lipinski definition) is 4. The quantitative estimate of drug-likeness (QED) is 0.938. The molecule has 0 bridgehead atoms. The Balaban J connectivity index is 1.68. The Morgan fingerprint density at radius 2 is 1.96 bits per heavy atom. The summed E-state index contributed by atoms with van der Waals surface area (Å²) in [6, 6.07) is 3.82. The van der Waals surface area contributed by atoms with Crippen molar-refractivity contribution in [1.82, 2.24) is 19.7 Å². The average Bonchev–Trinajstić information content (AvgIpc) is 2.86. The van der Waals surface area contributed by atoms with Crippen LogP contribution < -0.4 is 5.32 Å². The van der Waals surface area contributed by atoms with Crippen molar-refractivity contribution in [2.24, 2.45) is 0 Å². The molecule has 7 heteroatoms. The highest BCUT2D eigenvalue weighted by atomic mass is 19.3. The van der Waals surface area contributed by atoms with E-state index in [-0.39, 0.29) is 18.9 Å². The van der Waals surface area contributed by atoms with Crippen LogP contribution in [-0.2, 0) is 6.54 Å². The van der Waals surface area contributed by atoms with Crippen LogP contribution in [0.2, 0.25) is 0 Å². The average molecular weight is 321 g/mol. The van der Waals surface area contributed by atoms with Gasteiger partial charge in [0.05, 0.1) is 5.69 Å². The summed E-state index contributed by atoms with van der Waals surface area (Å²) >= 11 is 0. The van der Waals surface area contributed by atoms with Crippen LogP contribution in [0.25, 0.3) is 0 Å². The second-order valence-corrected chi connectivity index (χ2v) is 6.24. The van der Waals surface area contributed by atoms with Crippen molar-refractivity contribution >= 4 is 5.82 Å². The minimum Gasteiger partial charge on any atom is -0.367 e. The minimum atomic E-state index is -2.51. The molecule has 0 aliphatic heterocycles. The third-order valence-corrected chi connectivity index (χ3v) is 4.05. The zero-order valence-corrected chi connectivity index (χ0v) is 13.4. The molecule has 1 aliphatic rings. The topological polar surface area (TPSA) is 55.6 Å². The van der Waals surface area contributed by atoms with Gasteiger partial charge in [-0.15, -0.1) is 0 Å². The molecule has 2 aromatic rings. The lowest BCUT2D eigenvalue weighted by atomic mass is 9.92. The summed E-state index contributed by atoms with van der Waals surface area (Å²) in [4.78, 5) is 8.92. The van der Waals surface area contributed by atoms with E-state index in [1.54, 1.807) is 4.68 Å². The van der Waals surface area contributed by atoms with Gasteiger partial charge in [0.25, 0.3) is 0 Å². The molecule has 0 unspecified atom stereocenters. The lowest BCUT2D eigenvalue weighted by Gasteiger charge is -2.29. The Kier molecular flexibility index (Phi) is 4.28. The monoisotopic (exact) mass is 321 g/mol. The normalized spacial score (nSPS) is 18.1. The first-order chi connectivity index (χ1) is 10.9. The van der Waals surface area contributed by atoms with Crippen molar-refractivity contribution in [3.05, 3.63) is 35.5 Å². The summed E-state index contributed by atoms with van der Waals surface area (Å²) in [5.41, 5.74) is 1.79.